The van der Waals surface area contributed by atoms with E-state index in [1.165, 1.54) is 0 Å². The second-order valence-corrected chi connectivity index (χ2v) is 5.51. The van der Waals surface area contributed by atoms with Crippen LogP contribution in [0.4, 0.5) is 5.69 Å². The van der Waals surface area contributed by atoms with E-state index >= 15 is 0 Å². The number of halogens is 1. The van der Waals surface area contributed by atoms with Gasteiger partial charge < -0.3 is 10.4 Å². The highest BCUT2D eigenvalue weighted by atomic mass is 127. The molecular weight excluding hydrogens is 353 g/mol. The minimum Gasteiger partial charge on any atom is -0.389 e. The molecular formula is C15H14INO2. The van der Waals surface area contributed by atoms with Crippen LogP contribution >= 0.6 is 22.6 Å². The molecule has 0 aliphatic carbocycles. The molecule has 19 heavy (non-hydrogen) atoms. The van der Waals surface area contributed by atoms with E-state index in [0.717, 1.165) is 9.13 Å². The van der Waals surface area contributed by atoms with Gasteiger partial charge in [-0.05, 0) is 65.4 Å². The van der Waals surface area contributed by atoms with Crippen LogP contribution in [0, 0.1) is 3.57 Å². The van der Waals surface area contributed by atoms with Gasteiger partial charge in [0.25, 0.3) is 5.91 Å². The van der Waals surface area contributed by atoms with Crippen molar-refractivity contribution in [3.05, 3.63) is 63.2 Å². The summed E-state index contributed by atoms with van der Waals surface area (Å²) in [6.07, 6.45) is -0.500. The summed E-state index contributed by atoms with van der Waals surface area (Å²) in [5.74, 6) is -0.136. The van der Waals surface area contributed by atoms with Crippen molar-refractivity contribution in [2.24, 2.45) is 0 Å². The van der Waals surface area contributed by atoms with Crippen LogP contribution in [0.25, 0.3) is 0 Å². The van der Waals surface area contributed by atoms with Crippen LogP contribution in [0.15, 0.2) is 48.5 Å². The van der Waals surface area contributed by atoms with E-state index in [0.29, 0.717) is 11.3 Å². The van der Waals surface area contributed by atoms with E-state index in [4.69, 9.17) is 0 Å². The highest BCUT2D eigenvalue weighted by Crippen LogP contribution is 2.16. The lowest BCUT2D eigenvalue weighted by atomic mass is 10.1. The van der Waals surface area contributed by atoms with Crippen LogP contribution in [0.3, 0.4) is 0 Å². The number of hydrogen-bond acceptors (Lipinski definition) is 2. The first-order valence-corrected chi connectivity index (χ1v) is 6.99. The number of amides is 1. The fourth-order valence-corrected chi connectivity index (χ4v) is 2.22. The average Bonchev–Trinajstić information content (AvgIpc) is 2.39. The van der Waals surface area contributed by atoms with Crippen LogP contribution < -0.4 is 5.32 Å². The molecule has 4 heteroatoms. The van der Waals surface area contributed by atoms with Crippen molar-refractivity contribution in [3.8, 4) is 0 Å². The molecule has 3 nitrogen and oxygen atoms in total. The van der Waals surface area contributed by atoms with Gasteiger partial charge in [-0.1, -0.05) is 18.2 Å². The summed E-state index contributed by atoms with van der Waals surface area (Å²) >= 11 is 2.17. The van der Waals surface area contributed by atoms with E-state index in [1.807, 2.05) is 18.2 Å². The summed E-state index contributed by atoms with van der Waals surface area (Å²) < 4.78 is 1.02. The average molecular weight is 367 g/mol. The Bertz CT molecular complexity index is 579. The van der Waals surface area contributed by atoms with Crippen LogP contribution in [-0.2, 0) is 0 Å². The van der Waals surface area contributed by atoms with Crippen molar-refractivity contribution in [3.63, 3.8) is 0 Å². The number of aliphatic hydroxyl groups is 1. The Labute approximate surface area is 125 Å². The Hall–Kier alpha value is -1.40. The molecule has 0 saturated heterocycles. The number of benzene rings is 2. The maximum Gasteiger partial charge on any atom is 0.255 e. The number of anilines is 1. The van der Waals surface area contributed by atoms with E-state index in [-0.39, 0.29) is 5.91 Å². The minimum atomic E-state index is -0.500. The van der Waals surface area contributed by atoms with Crippen LogP contribution in [-0.4, -0.2) is 11.0 Å². The van der Waals surface area contributed by atoms with Crippen molar-refractivity contribution >= 4 is 34.2 Å². The number of carbonyl (C=O) groups excluding carboxylic acids is 1. The van der Waals surface area contributed by atoms with Gasteiger partial charge in [-0.15, -0.1) is 0 Å². The third-order valence-corrected chi connectivity index (χ3v) is 3.41. The molecule has 0 fully saturated rings. The quantitative estimate of drug-likeness (QED) is 0.815. The monoisotopic (exact) mass is 367 g/mol. The van der Waals surface area contributed by atoms with Crippen molar-refractivity contribution < 1.29 is 9.90 Å². The van der Waals surface area contributed by atoms with Gasteiger partial charge in [-0.25, -0.2) is 0 Å². The van der Waals surface area contributed by atoms with E-state index in [9.17, 15) is 9.90 Å². The second-order valence-electron chi connectivity index (χ2n) is 4.26. The lowest BCUT2D eigenvalue weighted by Gasteiger charge is -2.08. The Morgan fingerprint density at radius 1 is 1.21 bits per heavy atom. The standard InChI is InChI=1S/C15H14INO2/c1-10(18)11-5-7-14(8-6-11)17-15(19)12-3-2-4-13(16)9-12/h2-10,18H,1H3,(H,17,19). The minimum absolute atomic E-state index is 0.136. The summed E-state index contributed by atoms with van der Waals surface area (Å²) in [6.45, 7) is 1.71. The Morgan fingerprint density at radius 2 is 1.89 bits per heavy atom. The molecule has 2 aromatic rings. The fraction of sp³-hybridized carbons (Fsp3) is 0.133. The molecule has 2 N–H and O–H groups in total. The predicted molar refractivity (Wildman–Crippen MR) is 84.2 cm³/mol. The Morgan fingerprint density at radius 3 is 2.47 bits per heavy atom. The lowest BCUT2D eigenvalue weighted by molar-refractivity contribution is 0.102. The summed E-state index contributed by atoms with van der Waals surface area (Å²) in [4.78, 5) is 12.0. The van der Waals surface area contributed by atoms with E-state index in [2.05, 4.69) is 27.9 Å². The van der Waals surface area contributed by atoms with Crippen molar-refractivity contribution in [1.82, 2.24) is 0 Å². The maximum atomic E-state index is 12.0. The van der Waals surface area contributed by atoms with Gasteiger partial charge in [0.15, 0.2) is 0 Å². The molecule has 1 amide bonds. The van der Waals surface area contributed by atoms with Crippen molar-refractivity contribution in [2.75, 3.05) is 5.32 Å². The topological polar surface area (TPSA) is 49.3 Å². The molecule has 98 valence electrons. The summed E-state index contributed by atoms with van der Waals surface area (Å²) in [7, 11) is 0. The molecule has 2 rings (SSSR count). The van der Waals surface area contributed by atoms with Gasteiger partial charge in [0.2, 0.25) is 0 Å². The number of nitrogens with one attached hydrogen (secondary N) is 1. The molecule has 0 aliphatic rings. The normalized spacial score (nSPS) is 11.9. The molecule has 0 bridgehead atoms. The van der Waals surface area contributed by atoms with Crippen molar-refractivity contribution in [1.29, 1.82) is 0 Å². The Kier molecular flexibility index (Phi) is 4.55. The number of hydrogen-bond donors (Lipinski definition) is 2. The van der Waals surface area contributed by atoms with Gasteiger partial charge >= 0.3 is 0 Å². The molecule has 0 saturated carbocycles. The molecule has 2 aromatic carbocycles. The van der Waals surface area contributed by atoms with Gasteiger partial charge in [0.1, 0.15) is 0 Å². The second kappa shape index (κ2) is 6.16. The molecule has 1 atom stereocenters. The van der Waals surface area contributed by atoms with Gasteiger partial charge in [0, 0.05) is 14.8 Å². The maximum absolute atomic E-state index is 12.0. The third kappa shape index (κ3) is 3.78. The van der Waals surface area contributed by atoms with Crippen LogP contribution in [0.2, 0.25) is 0 Å². The molecule has 0 spiro atoms. The first-order chi connectivity index (χ1) is 9.06. The SMILES string of the molecule is CC(O)c1ccc(NC(=O)c2cccc(I)c2)cc1. The zero-order valence-corrected chi connectivity index (χ0v) is 12.6. The number of rotatable bonds is 3. The van der Waals surface area contributed by atoms with E-state index in [1.54, 1.807) is 37.3 Å². The molecule has 0 heterocycles. The third-order valence-electron chi connectivity index (χ3n) is 2.74. The zero-order valence-electron chi connectivity index (χ0n) is 10.4. The van der Waals surface area contributed by atoms with E-state index < -0.39 is 6.10 Å². The van der Waals surface area contributed by atoms with Crippen LogP contribution in [0.5, 0.6) is 0 Å². The summed E-state index contributed by atoms with van der Waals surface area (Å²) in [6, 6.07) is 14.6. The highest BCUT2D eigenvalue weighted by Gasteiger charge is 2.07. The van der Waals surface area contributed by atoms with Gasteiger partial charge in [0.05, 0.1) is 6.10 Å². The largest absolute Gasteiger partial charge is 0.389 e. The smallest absolute Gasteiger partial charge is 0.255 e. The highest BCUT2D eigenvalue weighted by molar-refractivity contribution is 14.1. The summed E-state index contributed by atoms with van der Waals surface area (Å²) in [5.41, 5.74) is 2.17. The lowest BCUT2D eigenvalue weighted by Crippen LogP contribution is -2.11. The van der Waals surface area contributed by atoms with Crippen molar-refractivity contribution in [2.45, 2.75) is 13.0 Å². The summed E-state index contributed by atoms with van der Waals surface area (Å²) in [5, 5.41) is 12.2. The van der Waals surface area contributed by atoms with Crippen LogP contribution in [0.1, 0.15) is 28.9 Å². The predicted octanol–water partition coefficient (Wildman–Crippen LogP) is 3.60. The first kappa shape index (κ1) is 14.0. The number of carbonyl (C=O) groups is 1. The molecule has 0 aliphatic heterocycles. The van der Waals surface area contributed by atoms with Gasteiger partial charge in [-0.2, -0.15) is 0 Å². The Balaban J connectivity index is 2.10. The molecule has 0 aromatic heterocycles. The first-order valence-electron chi connectivity index (χ1n) is 5.91. The molecule has 0 radical (unpaired) electrons. The van der Waals surface area contributed by atoms with Gasteiger partial charge in [-0.3, -0.25) is 4.79 Å². The fourth-order valence-electron chi connectivity index (χ4n) is 1.68. The zero-order chi connectivity index (χ0) is 13.8. The molecule has 1 unspecified atom stereocenters. The number of aliphatic hydroxyl groups excluding tert-OH is 1.